The molecule has 0 radical (unpaired) electrons. The molecule has 1 aromatic rings. The number of ether oxygens (including phenoxy) is 1. The molecular formula is C13H17NO2. The van der Waals surface area contributed by atoms with Crippen LogP contribution in [-0.2, 0) is 29.1 Å². The van der Waals surface area contributed by atoms with Crippen molar-refractivity contribution in [2.75, 3.05) is 13.7 Å². The summed E-state index contributed by atoms with van der Waals surface area (Å²) < 4.78 is 5.11. The van der Waals surface area contributed by atoms with Gasteiger partial charge in [0.25, 0.3) is 0 Å². The lowest BCUT2D eigenvalue weighted by atomic mass is 9.97. The maximum absolute atomic E-state index is 11.3. The highest BCUT2D eigenvalue weighted by molar-refractivity contribution is 5.73. The molecule has 1 aromatic carbocycles. The number of carbonyl (C=O) groups is 1. The standard InChI is InChI=1S/C13H17NO2/c1-10(15)14-6-5-12-4-3-11(9-16-2)7-13(12)8-14/h3-4,7H,5-6,8-9H2,1-2H3. The van der Waals surface area contributed by atoms with Crippen LogP contribution < -0.4 is 0 Å². The van der Waals surface area contributed by atoms with Crippen molar-refractivity contribution in [1.29, 1.82) is 0 Å². The van der Waals surface area contributed by atoms with Crippen LogP contribution in [0.3, 0.4) is 0 Å². The first-order valence-electron chi connectivity index (χ1n) is 5.56. The summed E-state index contributed by atoms with van der Waals surface area (Å²) >= 11 is 0. The third-order valence-corrected chi connectivity index (χ3v) is 3.04. The number of hydrogen-bond donors (Lipinski definition) is 0. The molecule has 0 unspecified atom stereocenters. The summed E-state index contributed by atoms with van der Waals surface area (Å²) in [6.45, 7) is 3.84. The van der Waals surface area contributed by atoms with Gasteiger partial charge >= 0.3 is 0 Å². The van der Waals surface area contributed by atoms with Crippen LogP contribution in [0, 0.1) is 0 Å². The number of nitrogens with zero attached hydrogens (tertiary/aromatic N) is 1. The van der Waals surface area contributed by atoms with Crippen molar-refractivity contribution in [3.05, 3.63) is 34.9 Å². The van der Waals surface area contributed by atoms with Crippen LogP contribution in [0.15, 0.2) is 18.2 Å². The average Bonchev–Trinajstić information content (AvgIpc) is 2.28. The molecular weight excluding hydrogens is 202 g/mol. The minimum atomic E-state index is 0.155. The zero-order valence-corrected chi connectivity index (χ0v) is 9.82. The maximum atomic E-state index is 11.3. The fourth-order valence-electron chi connectivity index (χ4n) is 2.14. The van der Waals surface area contributed by atoms with Crippen molar-refractivity contribution in [2.45, 2.75) is 26.5 Å². The Bertz CT molecular complexity index is 401. The van der Waals surface area contributed by atoms with E-state index in [1.165, 1.54) is 16.7 Å². The second kappa shape index (κ2) is 4.66. The molecule has 3 nitrogen and oxygen atoms in total. The number of carbonyl (C=O) groups excluding carboxylic acids is 1. The molecule has 0 N–H and O–H groups in total. The van der Waals surface area contributed by atoms with E-state index in [4.69, 9.17) is 4.74 Å². The molecule has 86 valence electrons. The molecule has 0 aromatic heterocycles. The van der Waals surface area contributed by atoms with Gasteiger partial charge in [-0.2, -0.15) is 0 Å². The van der Waals surface area contributed by atoms with E-state index < -0.39 is 0 Å². The van der Waals surface area contributed by atoms with Gasteiger partial charge in [-0.1, -0.05) is 18.2 Å². The van der Waals surface area contributed by atoms with E-state index in [1.54, 1.807) is 14.0 Å². The molecule has 0 saturated carbocycles. The zero-order valence-electron chi connectivity index (χ0n) is 9.82. The Hall–Kier alpha value is -1.35. The number of hydrogen-bond acceptors (Lipinski definition) is 2. The molecule has 3 heteroatoms. The normalized spacial score (nSPS) is 14.8. The molecule has 0 fully saturated rings. The van der Waals surface area contributed by atoms with Gasteiger partial charge in [-0.3, -0.25) is 4.79 Å². The van der Waals surface area contributed by atoms with Crippen LogP contribution >= 0.6 is 0 Å². The minimum Gasteiger partial charge on any atom is -0.380 e. The second-order valence-electron chi connectivity index (χ2n) is 4.23. The van der Waals surface area contributed by atoms with E-state index >= 15 is 0 Å². The van der Waals surface area contributed by atoms with Crippen LogP contribution in [0.4, 0.5) is 0 Å². The van der Waals surface area contributed by atoms with Crippen LogP contribution in [-0.4, -0.2) is 24.5 Å². The lowest BCUT2D eigenvalue weighted by molar-refractivity contribution is -0.129. The quantitative estimate of drug-likeness (QED) is 0.758. The molecule has 2 rings (SSSR count). The van der Waals surface area contributed by atoms with Crippen molar-refractivity contribution in [3.63, 3.8) is 0 Å². The van der Waals surface area contributed by atoms with E-state index in [9.17, 15) is 4.79 Å². The molecule has 1 heterocycles. The largest absolute Gasteiger partial charge is 0.380 e. The topological polar surface area (TPSA) is 29.5 Å². The number of amides is 1. The SMILES string of the molecule is COCc1ccc2c(c1)CN(C(C)=O)CC2. The third kappa shape index (κ3) is 2.25. The molecule has 0 spiro atoms. The van der Waals surface area contributed by atoms with Gasteiger partial charge in [0.15, 0.2) is 0 Å². The Morgan fingerprint density at radius 2 is 2.25 bits per heavy atom. The van der Waals surface area contributed by atoms with E-state index in [-0.39, 0.29) is 5.91 Å². The van der Waals surface area contributed by atoms with Crippen LogP contribution in [0.2, 0.25) is 0 Å². The number of fused-ring (bicyclic) bond motifs is 1. The third-order valence-electron chi connectivity index (χ3n) is 3.04. The van der Waals surface area contributed by atoms with Gasteiger partial charge in [0.05, 0.1) is 6.61 Å². The Kier molecular flexibility index (Phi) is 3.25. The van der Waals surface area contributed by atoms with Crippen LogP contribution in [0.1, 0.15) is 23.6 Å². The maximum Gasteiger partial charge on any atom is 0.219 e. The zero-order chi connectivity index (χ0) is 11.5. The first-order chi connectivity index (χ1) is 7.70. The highest BCUT2D eigenvalue weighted by atomic mass is 16.5. The first-order valence-corrected chi connectivity index (χ1v) is 5.56. The Balaban J connectivity index is 2.21. The monoisotopic (exact) mass is 219 g/mol. The van der Waals surface area contributed by atoms with Gasteiger partial charge < -0.3 is 9.64 Å². The molecule has 0 aliphatic carbocycles. The fraction of sp³-hybridized carbons (Fsp3) is 0.462. The summed E-state index contributed by atoms with van der Waals surface area (Å²) in [5.41, 5.74) is 3.79. The highest BCUT2D eigenvalue weighted by Crippen LogP contribution is 2.20. The van der Waals surface area contributed by atoms with Crippen molar-refractivity contribution in [1.82, 2.24) is 4.90 Å². The summed E-state index contributed by atoms with van der Waals surface area (Å²) in [6, 6.07) is 6.40. The van der Waals surface area contributed by atoms with Gasteiger partial charge in [0, 0.05) is 27.1 Å². The van der Waals surface area contributed by atoms with E-state index in [0.29, 0.717) is 6.61 Å². The average molecular weight is 219 g/mol. The highest BCUT2D eigenvalue weighted by Gasteiger charge is 2.17. The summed E-state index contributed by atoms with van der Waals surface area (Å²) in [4.78, 5) is 13.2. The summed E-state index contributed by atoms with van der Waals surface area (Å²) in [5, 5.41) is 0. The molecule has 1 amide bonds. The lowest BCUT2D eigenvalue weighted by Gasteiger charge is -2.28. The Morgan fingerprint density at radius 1 is 1.44 bits per heavy atom. The van der Waals surface area contributed by atoms with Crippen molar-refractivity contribution < 1.29 is 9.53 Å². The first kappa shape index (κ1) is 11.1. The number of methoxy groups -OCH3 is 1. The predicted molar refractivity (Wildman–Crippen MR) is 62.0 cm³/mol. The molecule has 1 aliphatic rings. The summed E-state index contributed by atoms with van der Waals surface area (Å²) in [6.07, 6.45) is 0.960. The van der Waals surface area contributed by atoms with Gasteiger partial charge in [0.1, 0.15) is 0 Å². The van der Waals surface area contributed by atoms with Crippen molar-refractivity contribution in [3.8, 4) is 0 Å². The Morgan fingerprint density at radius 3 is 2.94 bits per heavy atom. The van der Waals surface area contributed by atoms with Crippen LogP contribution in [0.25, 0.3) is 0 Å². The fourth-order valence-corrected chi connectivity index (χ4v) is 2.14. The molecule has 0 atom stereocenters. The number of benzene rings is 1. The summed E-state index contributed by atoms with van der Waals surface area (Å²) in [5.74, 6) is 0.155. The van der Waals surface area contributed by atoms with Crippen molar-refractivity contribution in [2.24, 2.45) is 0 Å². The molecule has 0 saturated heterocycles. The number of rotatable bonds is 2. The lowest BCUT2D eigenvalue weighted by Crippen LogP contribution is -2.34. The van der Waals surface area contributed by atoms with Gasteiger partial charge in [-0.25, -0.2) is 0 Å². The van der Waals surface area contributed by atoms with Gasteiger partial charge in [-0.05, 0) is 23.1 Å². The minimum absolute atomic E-state index is 0.155. The van der Waals surface area contributed by atoms with Crippen molar-refractivity contribution >= 4 is 5.91 Å². The van der Waals surface area contributed by atoms with Gasteiger partial charge in [0.2, 0.25) is 5.91 Å². The second-order valence-corrected chi connectivity index (χ2v) is 4.23. The van der Waals surface area contributed by atoms with E-state index in [1.807, 2.05) is 4.90 Å². The van der Waals surface area contributed by atoms with E-state index in [0.717, 1.165) is 19.5 Å². The predicted octanol–water partition coefficient (Wildman–Crippen LogP) is 1.74. The van der Waals surface area contributed by atoms with Gasteiger partial charge in [-0.15, -0.1) is 0 Å². The molecule has 16 heavy (non-hydrogen) atoms. The Labute approximate surface area is 96.0 Å². The van der Waals surface area contributed by atoms with E-state index in [2.05, 4.69) is 18.2 Å². The molecule has 0 bridgehead atoms. The van der Waals surface area contributed by atoms with Crippen LogP contribution in [0.5, 0.6) is 0 Å². The smallest absolute Gasteiger partial charge is 0.219 e. The molecule has 1 aliphatic heterocycles. The summed E-state index contributed by atoms with van der Waals surface area (Å²) in [7, 11) is 1.70.